The number of methoxy groups -OCH3 is 1. The van der Waals surface area contributed by atoms with Gasteiger partial charge >= 0.3 is 12.1 Å². The lowest BCUT2D eigenvalue weighted by atomic mass is 10.0. The Hall–Kier alpha value is -2.17. The molecule has 0 spiro atoms. The highest BCUT2D eigenvalue weighted by Gasteiger charge is 2.33. The first-order valence-electron chi connectivity index (χ1n) is 11.2. The van der Waals surface area contributed by atoms with Crippen molar-refractivity contribution in [2.24, 2.45) is 0 Å². The van der Waals surface area contributed by atoms with E-state index in [-0.39, 0.29) is 6.04 Å². The number of carbonyl (C=O) groups is 1. The van der Waals surface area contributed by atoms with E-state index in [2.05, 4.69) is 22.2 Å². The first-order chi connectivity index (χ1) is 15.1. The Labute approximate surface area is 183 Å². The molecule has 172 valence electrons. The van der Waals surface area contributed by atoms with Gasteiger partial charge in [0.05, 0.1) is 11.7 Å². The molecule has 2 unspecified atom stereocenters. The van der Waals surface area contributed by atoms with E-state index in [1.807, 2.05) is 0 Å². The molecule has 0 saturated carbocycles. The molecule has 2 saturated heterocycles. The van der Waals surface area contributed by atoms with Crippen LogP contribution in [0.1, 0.15) is 30.5 Å². The number of rotatable bonds is 7. The number of fused-ring (bicyclic) bond motifs is 1. The molecule has 4 heterocycles. The van der Waals surface area contributed by atoms with Gasteiger partial charge in [-0.3, -0.25) is 0 Å². The number of nitrogens with one attached hydrogen (secondary N) is 1. The fourth-order valence-electron chi connectivity index (χ4n) is 4.80. The van der Waals surface area contributed by atoms with Gasteiger partial charge in [0, 0.05) is 51.5 Å². The van der Waals surface area contributed by atoms with Gasteiger partial charge in [-0.25, -0.2) is 4.79 Å². The third-order valence-electron chi connectivity index (χ3n) is 6.65. The van der Waals surface area contributed by atoms with Gasteiger partial charge in [0.1, 0.15) is 12.4 Å². The summed E-state index contributed by atoms with van der Waals surface area (Å²) >= 11 is 0. The number of likely N-dealkylation sites (N-methyl/N-ethyl adjacent to an activating group) is 1. The van der Waals surface area contributed by atoms with E-state index in [1.54, 1.807) is 7.11 Å². The normalized spacial score (nSPS) is 24.3. The number of carboxylic acid groups (broad SMARTS) is 1. The van der Waals surface area contributed by atoms with Crippen LogP contribution in [0, 0.1) is 0 Å². The molecule has 0 aromatic carbocycles. The highest BCUT2D eigenvalue weighted by atomic mass is 16.5. The van der Waals surface area contributed by atoms with E-state index in [0.717, 1.165) is 43.0 Å². The molecule has 1 aromatic heterocycles. The summed E-state index contributed by atoms with van der Waals surface area (Å²) in [4.78, 5) is 27.3. The number of nitrogens with zero attached hydrogens (tertiary/aromatic N) is 5. The SMILES string of the molecule is COCCC1CN(c2nc(OCC3CCCN3C)nc3c2CCNC3)CCN1C(=O)O. The minimum absolute atomic E-state index is 0.130. The van der Waals surface area contributed by atoms with Crippen molar-refractivity contribution in [3.05, 3.63) is 11.3 Å². The smallest absolute Gasteiger partial charge is 0.407 e. The van der Waals surface area contributed by atoms with E-state index in [9.17, 15) is 9.90 Å². The highest BCUT2D eigenvalue weighted by Crippen LogP contribution is 2.29. The maximum Gasteiger partial charge on any atom is 0.407 e. The van der Waals surface area contributed by atoms with Gasteiger partial charge in [0.2, 0.25) is 0 Å². The van der Waals surface area contributed by atoms with Crippen LogP contribution in [0.15, 0.2) is 0 Å². The molecule has 2 atom stereocenters. The lowest BCUT2D eigenvalue weighted by molar-refractivity contribution is 0.0988. The second-order valence-electron chi connectivity index (χ2n) is 8.63. The van der Waals surface area contributed by atoms with Gasteiger partial charge in [0.25, 0.3) is 0 Å². The molecule has 4 rings (SSSR count). The van der Waals surface area contributed by atoms with E-state index >= 15 is 0 Å². The van der Waals surface area contributed by atoms with Gasteiger partial charge in [-0.2, -0.15) is 9.97 Å². The summed E-state index contributed by atoms with van der Waals surface area (Å²) in [6.07, 6.45) is 2.97. The summed E-state index contributed by atoms with van der Waals surface area (Å²) in [5.41, 5.74) is 2.14. The van der Waals surface area contributed by atoms with Crippen LogP contribution in [0.4, 0.5) is 10.6 Å². The van der Waals surface area contributed by atoms with E-state index in [4.69, 9.17) is 19.4 Å². The lowest BCUT2D eigenvalue weighted by Gasteiger charge is -2.41. The Bertz CT molecular complexity index is 778. The number of hydrogen-bond acceptors (Lipinski definition) is 8. The van der Waals surface area contributed by atoms with E-state index in [1.165, 1.54) is 11.3 Å². The largest absolute Gasteiger partial charge is 0.465 e. The van der Waals surface area contributed by atoms with Crippen molar-refractivity contribution in [3.63, 3.8) is 0 Å². The molecule has 3 aliphatic rings. The van der Waals surface area contributed by atoms with E-state index < -0.39 is 6.09 Å². The minimum Gasteiger partial charge on any atom is -0.465 e. The molecule has 31 heavy (non-hydrogen) atoms. The van der Waals surface area contributed by atoms with Gasteiger partial charge in [0.15, 0.2) is 0 Å². The predicted octanol–water partition coefficient (Wildman–Crippen LogP) is 0.800. The van der Waals surface area contributed by atoms with Crippen molar-refractivity contribution in [2.75, 3.05) is 65.0 Å². The minimum atomic E-state index is -0.876. The number of hydrogen-bond donors (Lipinski definition) is 2. The Morgan fingerprint density at radius 2 is 2.13 bits per heavy atom. The number of aromatic nitrogens is 2. The summed E-state index contributed by atoms with van der Waals surface area (Å²) in [7, 11) is 3.77. The monoisotopic (exact) mass is 434 g/mol. The summed E-state index contributed by atoms with van der Waals surface area (Å²) in [6.45, 7) is 5.46. The van der Waals surface area contributed by atoms with Gasteiger partial charge in [-0.05, 0) is 45.8 Å². The molecule has 0 bridgehead atoms. The van der Waals surface area contributed by atoms with Crippen LogP contribution in [-0.2, 0) is 17.7 Å². The summed E-state index contributed by atoms with van der Waals surface area (Å²) < 4.78 is 11.3. The summed E-state index contributed by atoms with van der Waals surface area (Å²) in [6, 6.07) is 0.695. The maximum atomic E-state index is 11.7. The van der Waals surface area contributed by atoms with Gasteiger partial charge in [-0.15, -0.1) is 0 Å². The highest BCUT2D eigenvalue weighted by molar-refractivity contribution is 5.66. The van der Waals surface area contributed by atoms with Crippen molar-refractivity contribution >= 4 is 11.9 Å². The Balaban J connectivity index is 1.55. The molecule has 1 aromatic rings. The second-order valence-corrected chi connectivity index (χ2v) is 8.63. The Kier molecular flexibility index (Phi) is 7.09. The standard InChI is InChI=1S/C21H34N6O4/c1-25-8-3-4-16(25)14-31-20-23-18-12-22-7-5-17(18)19(24-20)26-9-10-27(21(28)29)15(13-26)6-11-30-2/h15-16,22H,3-14H2,1-2H3,(H,28,29). The fraction of sp³-hybridized carbons (Fsp3) is 0.762. The lowest BCUT2D eigenvalue weighted by Crippen LogP contribution is -2.55. The van der Waals surface area contributed by atoms with E-state index in [0.29, 0.717) is 57.9 Å². The van der Waals surface area contributed by atoms with Gasteiger partial charge < -0.3 is 34.6 Å². The quantitative estimate of drug-likeness (QED) is 0.645. The molecule has 2 fully saturated rings. The molecule has 2 N–H and O–H groups in total. The van der Waals surface area contributed by atoms with Crippen LogP contribution in [0.25, 0.3) is 0 Å². The Morgan fingerprint density at radius 1 is 1.26 bits per heavy atom. The van der Waals surface area contributed by atoms with Crippen molar-refractivity contribution in [3.8, 4) is 6.01 Å². The van der Waals surface area contributed by atoms with Crippen molar-refractivity contribution < 1.29 is 19.4 Å². The molecule has 0 radical (unpaired) electrons. The zero-order valence-corrected chi connectivity index (χ0v) is 18.5. The van der Waals surface area contributed by atoms with Crippen LogP contribution >= 0.6 is 0 Å². The van der Waals surface area contributed by atoms with Crippen LogP contribution in [0.2, 0.25) is 0 Å². The summed E-state index contributed by atoms with van der Waals surface area (Å²) in [5.74, 6) is 0.897. The second kappa shape index (κ2) is 9.97. The first kappa shape index (κ1) is 22.0. The molecule has 10 heteroatoms. The third-order valence-corrected chi connectivity index (χ3v) is 6.65. The Morgan fingerprint density at radius 3 is 2.87 bits per heavy atom. The van der Waals surface area contributed by atoms with Gasteiger partial charge in [-0.1, -0.05) is 0 Å². The third kappa shape index (κ3) is 5.02. The number of piperazine rings is 1. The molecule has 10 nitrogen and oxygen atoms in total. The number of likely N-dealkylation sites (tertiary alicyclic amines) is 1. The molecular formula is C21H34N6O4. The maximum absolute atomic E-state index is 11.7. The number of amides is 1. The molecule has 3 aliphatic heterocycles. The number of ether oxygens (including phenoxy) is 2. The van der Waals surface area contributed by atoms with Crippen molar-refractivity contribution in [1.82, 2.24) is 25.1 Å². The zero-order valence-electron chi connectivity index (χ0n) is 18.5. The van der Waals surface area contributed by atoms with Crippen molar-refractivity contribution in [2.45, 2.75) is 44.3 Å². The van der Waals surface area contributed by atoms with Crippen LogP contribution in [-0.4, -0.2) is 103 Å². The zero-order chi connectivity index (χ0) is 21.8. The van der Waals surface area contributed by atoms with Crippen LogP contribution < -0.4 is 15.0 Å². The average molecular weight is 435 g/mol. The predicted molar refractivity (Wildman–Crippen MR) is 116 cm³/mol. The average Bonchev–Trinajstić information content (AvgIpc) is 3.20. The number of anilines is 1. The molecule has 0 aliphatic carbocycles. The topological polar surface area (TPSA) is 103 Å². The van der Waals surface area contributed by atoms with Crippen LogP contribution in [0.3, 0.4) is 0 Å². The first-order valence-corrected chi connectivity index (χ1v) is 11.2. The summed E-state index contributed by atoms with van der Waals surface area (Å²) in [5, 5.41) is 13.0. The molecule has 1 amide bonds. The van der Waals surface area contributed by atoms with Crippen LogP contribution in [0.5, 0.6) is 6.01 Å². The molecular weight excluding hydrogens is 400 g/mol. The van der Waals surface area contributed by atoms with Crippen molar-refractivity contribution in [1.29, 1.82) is 0 Å². The fourth-order valence-corrected chi connectivity index (χ4v) is 4.80.